The number of rotatable bonds is 4. The molecule has 0 radical (unpaired) electrons. The van der Waals surface area contributed by atoms with E-state index < -0.39 is 5.60 Å². The van der Waals surface area contributed by atoms with E-state index in [1.807, 2.05) is 26.8 Å². The second kappa shape index (κ2) is 6.82. The van der Waals surface area contributed by atoms with E-state index in [1.54, 1.807) is 7.05 Å². The Morgan fingerprint density at radius 2 is 2.11 bits per heavy atom. The molecule has 27 heavy (non-hydrogen) atoms. The van der Waals surface area contributed by atoms with E-state index in [0.717, 1.165) is 36.1 Å². The summed E-state index contributed by atoms with van der Waals surface area (Å²) >= 11 is 0. The van der Waals surface area contributed by atoms with Crippen molar-refractivity contribution in [2.24, 2.45) is 16.3 Å². The Labute approximate surface area is 161 Å². The maximum absolute atomic E-state index is 11.0. The zero-order valence-electron chi connectivity index (χ0n) is 17.0. The summed E-state index contributed by atoms with van der Waals surface area (Å²) in [7, 11) is 1.79. The molecule has 1 aromatic heterocycles. The van der Waals surface area contributed by atoms with Crippen LogP contribution in [0.1, 0.15) is 56.1 Å². The van der Waals surface area contributed by atoms with Gasteiger partial charge in [0.25, 0.3) is 0 Å². The Morgan fingerprint density at radius 1 is 1.37 bits per heavy atom. The highest BCUT2D eigenvalue weighted by molar-refractivity contribution is 5.80. The van der Waals surface area contributed by atoms with Crippen LogP contribution in [0.4, 0.5) is 0 Å². The number of nitrogens with zero attached hydrogens (tertiary/aromatic N) is 1. The normalized spacial score (nSPS) is 31.4. The smallest absolute Gasteiger partial charge is 0.191 e. The minimum Gasteiger partial charge on any atom is -0.466 e. The van der Waals surface area contributed by atoms with Crippen molar-refractivity contribution < 1.29 is 14.3 Å². The second-order valence-electron chi connectivity index (χ2n) is 8.83. The number of nitrogens with one attached hydrogen (secondary N) is 2. The zero-order chi connectivity index (χ0) is 19.2. The van der Waals surface area contributed by atoms with Gasteiger partial charge in [-0.15, -0.1) is 0 Å². The fourth-order valence-corrected chi connectivity index (χ4v) is 5.76. The van der Waals surface area contributed by atoms with E-state index in [-0.39, 0.29) is 5.41 Å². The van der Waals surface area contributed by atoms with Gasteiger partial charge >= 0.3 is 0 Å². The molecule has 3 fully saturated rings. The minimum atomic E-state index is -1.02. The molecule has 4 rings (SSSR count). The Balaban J connectivity index is 1.42. The second-order valence-corrected chi connectivity index (χ2v) is 8.83. The first-order valence-corrected chi connectivity index (χ1v) is 10.3. The highest BCUT2D eigenvalue weighted by atomic mass is 16.5. The van der Waals surface area contributed by atoms with E-state index in [0.29, 0.717) is 24.6 Å². The third kappa shape index (κ3) is 3.07. The van der Waals surface area contributed by atoms with Crippen LogP contribution in [-0.4, -0.2) is 43.4 Å². The first kappa shape index (κ1) is 18.8. The highest BCUT2D eigenvalue weighted by Crippen LogP contribution is 2.60. The fraction of sp³-hybridized carbons (Fsp3) is 0.762. The summed E-state index contributed by atoms with van der Waals surface area (Å²) in [5, 5.41) is 18.0. The zero-order valence-corrected chi connectivity index (χ0v) is 17.0. The maximum Gasteiger partial charge on any atom is 0.191 e. The van der Waals surface area contributed by atoms with E-state index >= 15 is 0 Å². The topological polar surface area (TPSA) is 79.0 Å². The Bertz CT molecular complexity index is 718. The van der Waals surface area contributed by atoms with Gasteiger partial charge in [0, 0.05) is 36.6 Å². The number of ether oxygens (including phenoxy) is 1. The molecule has 4 unspecified atom stereocenters. The lowest BCUT2D eigenvalue weighted by atomic mass is 9.54. The van der Waals surface area contributed by atoms with Crippen molar-refractivity contribution in [2.45, 2.75) is 70.6 Å². The molecule has 2 saturated carbocycles. The minimum absolute atomic E-state index is 0.277. The molecular weight excluding hydrogens is 342 g/mol. The van der Waals surface area contributed by atoms with Crippen LogP contribution in [0.5, 0.6) is 0 Å². The number of fused-ring (bicyclic) bond motifs is 2. The molecule has 0 aromatic carbocycles. The number of aryl methyl sites for hydroxylation is 2. The Hall–Kier alpha value is -1.53. The van der Waals surface area contributed by atoms with E-state index in [1.165, 1.54) is 25.7 Å². The van der Waals surface area contributed by atoms with Gasteiger partial charge in [-0.3, -0.25) is 4.99 Å². The fourth-order valence-electron chi connectivity index (χ4n) is 5.76. The third-order valence-corrected chi connectivity index (χ3v) is 7.02. The lowest BCUT2D eigenvalue weighted by Gasteiger charge is -2.57. The molecule has 0 amide bonds. The first-order chi connectivity index (χ1) is 12.9. The molecule has 0 bridgehead atoms. The molecule has 3 N–H and O–H groups in total. The number of furan rings is 1. The molecule has 2 aliphatic carbocycles. The Kier molecular flexibility index (Phi) is 4.75. The largest absolute Gasteiger partial charge is 0.466 e. The molecule has 1 aliphatic heterocycles. The van der Waals surface area contributed by atoms with Crippen molar-refractivity contribution in [1.82, 2.24) is 10.6 Å². The van der Waals surface area contributed by atoms with Crippen molar-refractivity contribution in [3.63, 3.8) is 0 Å². The molecule has 4 atom stereocenters. The molecule has 150 valence electrons. The Morgan fingerprint density at radius 3 is 2.74 bits per heavy atom. The molecule has 1 spiro atoms. The van der Waals surface area contributed by atoms with Gasteiger partial charge in [0.05, 0.1) is 12.6 Å². The summed E-state index contributed by atoms with van der Waals surface area (Å²) in [5.74, 6) is 2.92. The van der Waals surface area contributed by atoms with Crippen LogP contribution in [0, 0.1) is 25.2 Å². The predicted molar refractivity (Wildman–Crippen MR) is 105 cm³/mol. The third-order valence-electron chi connectivity index (χ3n) is 7.02. The van der Waals surface area contributed by atoms with Crippen LogP contribution in [0.15, 0.2) is 15.5 Å². The molecule has 6 nitrogen and oxygen atoms in total. The van der Waals surface area contributed by atoms with Gasteiger partial charge in [-0.1, -0.05) is 12.8 Å². The molecular formula is C21H33N3O3. The monoisotopic (exact) mass is 375 g/mol. The summed E-state index contributed by atoms with van der Waals surface area (Å²) in [6.07, 6.45) is 6.64. The average molecular weight is 376 g/mol. The van der Waals surface area contributed by atoms with Crippen LogP contribution in [0.2, 0.25) is 0 Å². The SMILES string of the molecule is CN=C(NCC(C)(O)c1cc(C)oc1C)NC1C2CCOC2C12CCCC2. The number of aliphatic hydroxyl groups is 1. The molecule has 1 aromatic rings. The van der Waals surface area contributed by atoms with Crippen molar-refractivity contribution in [3.8, 4) is 0 Å². The standard InChI is InChI=1S/C21H33N3O3/c1-13-11-16(14(2)27-13)20(3,25)12-23-19(22-4)24-17-15-7-10-26-18(15)21(17)8-5-6-9-21/h11,15,17-18,25H,5-10,12H2,1-4H3,(H2,22,23,24). The van der Waals surface area contributed by atoms with Gasteiger partial charge in [-0.25, -0.2) is 0 Å². The van der Waals surface area contributed by atoms with Gasteiger partial charge in [0.2, 0.25) is 0 Å². The molecule has 6 heteroatoms. The van der Waals surface area contributed by atoms with Crippen molar-refractivity contribution >= 4 is 5.96 Å². The predicted octanol–water partition coefficient (Wildman–Crippen LogP) is 2.62. The van der Waals surface area contributed by atoms with Crippen LogP contribution in [0.3, 0.4) is 0 Å². The van der Waals surface area contributed by atoms with Gasteiger partial charge < -0.3 is 24.9 Å². The molecule has 3 aliphatic rings. The number of guanidine groups is 1. The van der Waals surface area contributed by atoms with Gasteiger partial charge in [-0.05, 0) is 46.1 Å². The molecule has 1 saturated heterocycles. The summed E-state index contributed by atoms with van der Waals surface area (Å²) in [6, 6.07) is 2.33. The van der Waals surface area contributed by atoms with Gasteiger partial charge in [0.15, 0.2) is 5.96 Å². The van der Waals surface area contributed by atoms with E-state index in [9.17, 15) is 5.11 Å². The summed E-state index contributed by atoms with van der Waals surface area (Å²) in [5.41, 5.74) is 0.0750. The summed E-state index contributed by atoms with van der Waals surface area (Å²) < 4.78 is 11.7. The summed E-state index contributed by atoms with van der Waals surface area (Å²) in [4.78, 5) is 4.42. The van der Waals surface area contributed by atoms with Crippen molar-refractivity contribution in [3.05, 3.63) is 23.2 Å². The van der Waals surface area contributed by atoms with Crippen LogP contribution in [0.25, 0.3) is 0 Å². The van der Waals surface area contributed by atoms with Crippen molar-refractivity contribution in [1.29, 1.82) is 0 Å². The maximum atomic E-state index is 11.0. The number of aliphatic imine (C=N–C) groups is 1. The average Bonchev–Trinajstić information content (AvgIpc) is 3.33. The highest BCUT2D eigenvalue weighted by Gasteiger charge is 2.65. The van der Waals surface area contributed by atoms with Crippen molar-refractivity contribution in [2.75, 3.05) is 20.2 Å². The number of hydrogen-bond donors (Lipinski definition) is 3. The van der Waals surface area contributed by atoms with Gasteiger partial charge in [0.1, 0.15) is 17.1 Å². The van der Waals surface area contributed by atoms with Crippen LogP contribution in [-0.2, 0) is 10.3 Å². The van der Waals surface area contributed by atoms with E-state index in [4.69, 9.17) is 9.15 Å². The molecule has 2 heterocycles. The number of hydrogen-bond acceptors (Lipinski definition) is 4. The van der Waals surface area contributed by atoms with Crippen LogP contribution < -0.4 is 10.6 Å². The lowest BCUT2D eigenvalue weighted by molar-refractivity contribution is -0.125. The van der Waals surface area contributed by atoms with Gasteiger partial charge in [-0.2, -0.15) is 0 Å². The summed E-state index contributed by atoms with van der Waals surface area (Å²) in [6.45, 7) is 6.86. The quantitative estimate of drug-likeness (QED) is 0.557. The van der Waals surface area contributed by atoms with E-state index in [2.05, 4.69) is 15.6 Å². The first-order valence-electron chi connectivity index (χ1n) is 10.3. The lowest BCUT2D eigenvalue weighted by Crippen LogP contribution is -2.69. The van der Waals surface area contributed by atoms with Crippen LogP contribution >= 0.6 is 0 Å².